The molecule has 0 atom stereocenters. The first kappa shape index (κ1) is 19.5. The number of pyridine rings is 1. The van der Waals surface area contributed by atoms with Crippen molar-refractivity contribution in [2.24, 2.45) is 0 Å². The molecule has 25 heavy (non-hydrogen) atoms. The normalized spacial score (nSPS) is 10.6. The number of benzene rings is 1. The second-order valence-corrected chi connectivity index (χ2v) is 6.79. The van der Waals surface area contributed by atoms with Crippen molar-refractivity contribution in [2.75, 3.05) is 25.0 Å². The third kappa shape index (κ3) is 5.91. The zero-order valence-corrected chi connectivity index (χ0v) is 16.1. The van der Waals surface area contributed by atoms with E-state index in [-0.39, 0.29) is 5.91 Å². The van der Waals surface area contributed by atoms with Gasteiger partial charge in [0.15, 0.2) is 0 Å². The molecule has 0 fully saturated rings. The van der Waals surface area contributed by atoms with E-state index in [0.717, 1.165) is 30.6 Å². The van der Waals surface area contributed by atoms with Crippen LogP contribution >= 0.6 is 23.2 Å². The summed E-state index contributed by atoms with van der Waals surface area (Å²) in [4.78, 5) is 18.6. The number of nitrogens with one attached hydrogen (secondary N) is 1. The number of carbonyl (C=O) groups is 1. The zero-order chi connectivity index (χ0) is 18.2. The Morgan fingerprint density at radius 2 is 2.04 bits per heavy atom. The van der Waals surface area contributed by atoms with E-state index in [9.17, 15) is 4.79 Å². The average molecular weight is 380 g/mol. The Bertz CT molecular complexity index is 722. The van der Waals surface area contributed by atoms with Gasteiger partial charge in [-0.1, -0.05) is 42.6 Å². The van der Waals surface area contributed by atoms with Gasteiger partial charge in [0.2, 0.25) is 0 Å². The number of amides is 1. The molecule has 0 aliphatic heterocycles. The molecule has 0 saturated heterocycles. The molecule has 1 N–H and O–H groups in total. The summed E-state index contributed by atoms with van der Waals surface area (Å²) in [6.45, 7) is 3.59. The van der Waals surface area contributed by atoms with E-state index in [1.54, 1.807) is 24.5 Å². The molecular formula is C19H23Cl2N3O. The summed E-state index contributed by atoms with van der Waals surface area (Å²) in [6, 6.07) is 7.25. The summed E-state index contributed by atoms with van der Waals surface area (Å²) in [6.07, 6.45) is 6.24. The summed E-state index contributed by atoms with van der Waals surface area (Å²) in [7, 11) is 2.01. The highest BCUT2D eigenvalue weighted by Gasteiger charge is 2.09. The summed E-state index contributed by atoms with van der Waals surface area (Å²) in [5.74, 6) is -0.136. The van der Waals surface area contributed by atoms with Crippen LogP contribution in [-0.4, -0.2) is 31.0 Å². The second-order valence-electron chi connectivity index (χ2n) is 5.95. The Morgan fingerprint density at radius 1 is 1.24 bits per heavy atom. The maximum Gasteiger partial charge on any atom is 0.252 e. The van der Waals surface area contributed by atoms with Crippen LogP contribution in [0.15, 0.2) is 36.7 Å². The molecule has 1 aromatic heterocycles. The van der Waals surface area contributed by atoms with Crippen LogP contribution in [0.25, 0.3) is 0 Å². The van der Waals surface area contributed by atoms with Crippen molar-refractivity contribution < 1.29 is 4.79 Å². The van der Waals surface area contributed by atoms with Crippen molar-refractivity contribution in [2.45, 2.75) is 26.2 Å². The lowest BCUT2D eigenvalue weighted by Crippen LogP contribution is -2.26. The fourth-order valence-electron chi connectivity index (χ4n) is 2.42. The molecule has 0 unspecified atom stereocenters. The van der Waals surface area contributed by atoms with Crippen LogP contribution in [-0.2, 0) is 6.42 Å². The second kappa shape index (κ2) is 9.64. The summed E-state index contributed by atoms with van der Waals surface area (Å²) < 4.78 is 0. The molecule has 0 saturated carbocycles. The number of unbranched alkanes of at least 4 members (excludes halogenated alkanes) is 1. The van der Waals surface area contributed by atoms with Gasteiger partial charge in [-0.2, -0.15) is 0 Å². The molecule has 0 bridgehead atoms. The van der Waals surface area contributed by atoms with E-state index in [4.69, 9.17) is 23.2 Å². The largest absolute Gasteiger partial charge is 0.373 e. The zero-order valence-electron chi connectivity index (χ0n) is 14.6. The highest BCUT2D eigenvalue weighted by molar-refractivity contribution is 6.35. The van der Waals surface area contributed by atoms with Crippen molar-refractivity contribution in [1.29, 1.82) is 0 Å². The maximum absolute atomic E-state index is 12.3. The fraction of sp³-hybridized carbons (Fsp3) is 0.368. The number of rotatable bonds is 8. The van der Waals surface area contributed by atoms with Gasteiger partial charge in [-0.05, 0) is 36.6 Å². The minimum absolute atomic E-state index is 0.136. The van der Waals surface area contributed by atoms with Gasteiger partial charge < -0.3 is 10.2 Å². The van der Waals surface area contributed by atoms with Gasteiger partial charge in [0.25, 0.3) is 5.91 Å². The molecule has 4 nitrogen and oxygen atoms in total. The lowest BCUT2D eigenvalue weighted by molar-refractivity contribution is 0.0954. The molecule has 0 radical (unpaired) electrons. The molecule has 2 rings (SSSR count). The van der Waals surface area contributed by atoms with Crippen molar-refractivity contribution in [1.82, 2.24) is 10.3 Å². The van der Waals surface area contributed by atoms with Crippen molar-refractivity contribution in [3.63, 3.8) is 0 Å². The monoisotopic (exact) mass is 379 g/mol. The van der Waals surface area contributed by atoms with Crippen molar-refractivity contribution >= 4 is 34.8 Å². The van der Waals surface area contributed by atoms with E-state index < -0.39 is 0 Å². The molecular weight excluding hydrogens is 357 g/mol. The molecule has 1 aromatic carbocycles. The quantitative estimate of drug-likeness (QED) is 0.728. The Hall–Kier alpha value is -1.78. The molecule has 134 valence electrons. The third-order valence-electron chi connectivity index (χ3n) is 3.97. The molecule has 0 spiro atoms. The van der Waals surface area contributed by atoms with E-state index in [1.807, 2.05) is 19.2 Å². The van der Waals surface area contributed by atoms with Gasteiger partial charge in [0, 0.05) is 36.4 Å². The van der Waals surface area contributed by atoms with Crippen LogP contribution < -0.4 is 10.2 Å². The number of hydrogen-bond donors (Lipinski definition) is 1. The van der Waals surface area contributed by atoms with E-state index in [0.29, 0.717) is 28.6 Å². The SMILES string of the molecule is CCCCN(C)c1cncc(C(=O)NCCc2ccc(Cl)cc2Cl)c1. The molecule has 6 heteroatoms. The molecule has 0 aliphatic rings. The van der Waals surface area contributed by atoms with Crippen molar-refractivity contribution in [3.8, 4) is 0 Å². The van der Waals surface area contributed by atoms with Gasteiger partial charge in [-0.3, -0.25) is 9.78 Å². The van der Waals surface area contributed by atoms with Crippen LogP contribution in [0.5, 0.6) is 0 Å². The van der Waals surface area contributed by atoms with Crippen LogP contribution in [0.1, 0.15) is 35.7 Å². The Labute approximate surface area is 159 Å². The summed E-state index contributed by atoms with van der Waals surface area (Å²) >= 11 is 12.0. The molecule has 0 aliphatic carbocycles. The van der Waals surface area contributed by atoms with Crippen molar-refractivity contribution in [3.05, 3.63) is 57.8 Å². The first-order valence-corrected chi connectivity index (χ1v) is 9.15. The summed E-state index contributed by atoms with van der Waals surface area (Å²) in [5.41, 5.74) is 2.46. The molecule has 1 heterocycles. The lowest BCUT2D eigenvalue weighted by Gasteiger charge is -2.19. The van der Waals surface area contributed by atoms with E-state index in [2.05, 4.69) is 22.1 Å². The number of hydrogen-bond acceptors (Lipinski definition) is 3. The standard InChI is InChI=1S/C19H23Cl2N3O/c1-3-4-9-24(2)17-10-15(12-22-13-17)19(25)23-8-7-14-5-6-16(20)11-18(14)21/h5-6,10-13H,3-4,7-9H2,1-2H3,(H,23,25). The molecule has 2 aromatic rings. The first-order chi connectivity index (χ1) is 12.0. The predicted octanol–water partition coefficient (Wildman–Crippen LogP) is 4.60. The van der Waals surface area contributed by atoms with E-state index in [1.165, 1.54) is 0 Å². The maximum atomic E-state index is 12.3. The van der Waals surface area contributed by atoms with Gasteiger partial charge in [0.1, 0.15) is 0 Å². The topological polar surface area (TPSA) is 45.2 Å². The minimum Gasteiger partial charge on any atom is -0.373 e. The number of nitrogens with zero attached hydrogens (tertiary/aromatic N) is 2. The Kier molecular flexibility index (Phi) is 7.53. The van der Waals surface area contributed by atoms with E-state index >= 15 is 0 Å². The van der Waals surface area contributed by atoms with Gasteiger partial charge in [-0.15, -0.1) is 0 Å². The van der Waals surface area contributed by atoms with Crippen LogP contribution in [0.2, 0.25) is 10.0 Å². The van der Waals surface area contributed by atoms with Gasteiger partial charge in [0.05, 0.1) is 17.4 Å². The number of halogens is 2. The minimum atomic E-state index is -0.136. The number of anilines is 1. The van der Waals surface area contributed by atoms with Gasteiger partial charge in [-0.25, -0.2) is 0 Å². The highest BCUT2D eigenvalue weighted by Crippen LogP contribution is 2.21. The Morgan fingerprint density at radius 3 is 2.76 bits per heavy atom. The lowest BCUT2D eigenvalue weighted by atomic mass is 10.1. The smallest absolute Gasteiger partial charge is 0.252 e. The average Bonchev–Trinajstić information content (AvgIpc) is 2.61. The number of aromatic nitrogens is 1. The number of carbonyl (C=O) groups excluding carboxylic acids is 1. The first-order valence-electron chi connectivity index (χ1n) is 8.39. The van der Waals surface area contributed by atoms with Crippen LogP contribution in [0.3, 0.4) is 0 Å². The predicted molar refractivity (Wildman–Crippen MR) is 105 cm³/mol. The van der Waals surface area contributed by atoms with Gasteiger partial charge >= 0.3 is 0 Å². The third-order valence-corrected chi connectivity index (χ3v) is 4.56. The highest BCUT2D eigenvalue weighted by atomic mass is 35.5. The molecule has 1 amide bonds. The van der Waals surface area contributed by atoms with Crippen LogP contribution in [0, 0.1) is 0 Å². The fourth-order valence-corrected chi connectivity index (χ4v) is 2.93. The summed E-state index contributed by atoms with van der Waals surface area (Å²) in [5, 5.41) is 4.13. The Balaban J connectivity index is 1.92. The van der Waals surface area contributed by atoms with Crippen LogP contribution in [0.4, 0.5) is 5.69 Å².